The number of nitrogens with zero attached hydrogens (tertiary/aromatic N) is 1. The summed E-state index contributed by atoms with van der Waals surface area (Å²) in [6.45, 7) is 0.182. The van der Waals surface area contributed by atoms with Gasteiger partial charge in [0.1, 0.15) is 10.7 Å². The van der Waals surface area contributed by atoms with Crippen molar-refractivity contribution in [3.05, 3.63) is 40.9 Å². The van der Waals surface area contributed by atoms with Gasteiger partial charge < -0.3 is 10.4 Å². The number of aromatic nitrogens is 1. The summed E-state index contributed by atoms with van der Waals surface area (Å²) in [4.78, 5) is 26.3. The van der Waals surface area contributed by atoms with Crippen LogP contribution in [0, 0.1) is 0 Å². The van der Waals surface area contributed by atoms with E-state index in [2.05, 4.69) is 10.3 Å². The molecule has 0 saturated carbocycles. The van der Waals surface area contributed by atoms with Crippen LogP contribution in [-0.4, -0.2) is 28.5 Å². The highest BCUT2D eigenvalue weighted by molar-refractivity contribution is 7.13. The van der Waals surface area contributed by atoms with Crippen LogP contribution < -0.4 is 5.32 Å². The lowest BCUT2D eigenvalue weighted by molar-refractivity contribution is -0.138. The van der Waals surface area contributed by atoms with E-state index in [0.717, 1.165) is 23.5 Å². The maximum atomic E-state index is 12.7. The molecule has 9 heteroatoms. The van der Waals surface area contributed by atoms with E-state index >= 15 is 0 Å². The Bertz CT molecular complexity index is 744. The van der Waals surface area contributed by atoms with Crippen molar-refractivity contribution in [3.8, 4) is 10.6 Å². The minimum atomic E-state index is -4.45. The number of rotatable bonds is 6. The Kier molecular flexibility index (Phi) is 5.55. The zero-order valence-corrected chi connectivity index (χ0v) is 13.1. The Morgan fingerprint density at radius 2 is 2.04 bits per heavy atom. The minimum Gasteiger partial charge on any atom is -0.481 e. The first-order chi connectivity index (χ1) is 11.3. The molecule has 0 spiro atoms. The molecule has 0 atom stereocenters. The van der Waals surface area contributed by atoms with Crippen molar-refractivity contribution >= 4 is 23.2 Å². The normalized spacial score (nSPS) is 11.3. The van der Waals surface area contributed by atoms with Gasteiger partial charge in [-0.1, -0.05) is 12.1 Å². The summed E-state index contributed by atoms with van der Waals surface area (Å²) >= 11 is 1.06. The fourth-order valence-corrected chi connectivity index (χ4v) is 2.67. The summed E-state index contributed by atoms with van der Waals surface area (Å²) in [5, 5.41) is 12.8. The van der Waals surface area contributed by atoms with E-state index in [-0.39, 0.29) is 30.6 Å². The van der Waals surface area contributed by atoms with Gasteiger partial charge in [-0.25, -0.2) is 4.98 Å². The first kappa shape index (κ1) is 17.9. The lowest BCUT2D eigenvalue weighted by Crippen LogP contribution is -2.25. The third-order valence-corrected chi connectivity index (χ3v) is 3.92. The van der Waals surface area contributed by atoms with Gasteiger partial charge in [-0.15, -0.1) is 11.3 Å². The van der Waals surface area contributed by atoms with Crippen LogP contribution in [0.1, 0.15) is 28.9 Å². The molecule has 1 amide bonds. The Morgan fingerprint density at radius 1 is 1.29 bits per heavy atom. The summed E-state index contributed by atoms with van der Waals surface area (Å²) in [6, 6.07) is 4.72. The van der Waals surface area contributed by atoms with Crippen molar-refractivity contribution in [1.82, 2.24) is 10.3 Å². The van der Waals surface area contributed by atoms with Crippen LogP contribution in [0.4, 0.5) is 13.2 Å². The van der Waals surface area contributed by atoms with Crippen LogP contribution in [0.25, 0.3) is 10.6 Å². The maximum Gasteiger partial charge on any atom is 0.416 e. The van der Waals surface area contributed by atoms with Crippen molar-refractivity contribution in [2.75, 3.05) is 6.54 Å². The fourth-order valence-electron chi connectivity index (χ4n) is 1.87. The Hall–Kier alpha value is -2.42. The largest absolute Gasteiger partial charge is 0.481 e. The highest BCUT2D eigenvalue weighted by Crippen LogP contribution is 2.33. The maximum absolute atomic E-state index is 12.7. The second-order valence-corrected chi connectivity index (χ2v) is 5.73. The molecule has 2 aromatic rings. The molecular weight excluding hydrogens is 345 g/mol. The lowest BCUT2D eigenvalue weighted by atomic mass is 10.1. The van der Waals surface area contributed by atoms with Crippen LogP contribution in [0.2, 0.25) is 0 Å². The van der Waals surface area contributed by atoms with E-state index < -0.39 is 23.6 Å². The van der Waals surface area contributed by atoms with Gasteiger partial charge in [0.05, 0.1) is 5.56 Å². The van der Waals surface area contributed by atoms with Gasteiger partial charge in [-0.05, 0) is 18.6 Å². The molecule has 0 aliphatic rings. The fraction of sp³-hybridized carbons (Fsp3) is 0.267. The molecule has 2 N–H and O–H groups in total. The number of amides is 1. The smallest absolute Gasteiger partial charge is 0.416 e. The predicted molar refractivity (Wildman–Crippen MR) is 81.8 cm³/mol. The lowest BCUT2D eigenvalue weighted by Gasteiger charge is -2.07. The summed E-state index contributed by atoms with van der Waals surface area (Å²) in [5.41, 5.74) is -0.419. The number of hydrogen-bond acceptors (Lipinski definition) is 4. The van der Waals surface area contributed by atoms with E-state index in [4.69, 9.17) is 5.11 Å². The number of carbonyl (C=O) groups excluding carboxylic acids is 1. The molecule has 24 heavy (non-hydrogen) atoms. The molecule has 0 bridgehead atoms. The number of hydrogen-bond donors (Lipinski definition) is 2. The number of nitrogens with one attached hydrogen (secondary N) is 1. The molecule has 1 aromatic heterocycles. The van der Waals surface area contributed by atoms with Crippen LogP contribution in [0.15, 0.2) is 29.6 Å². The van der Waals surface area contributed by atoms with Gasteiger partial charge >= 0.3 is 12.1 Å². The number of benzene rings is 1. The number of halogens is 3. The molecule has 2 rings (SSSR count). The third kappa shape index (κ3) is 4.79. The van der Waals surface area contributed by atoms with Gasteiger partial charge in [0.15, 0.2) is 0 Å². The molecule has 0 saturated heterocycles. The summed E-state index contributed by atoms with van der Waals surface area (Å²) < 4.78 is 38.2. The number of carboxylic acids is 1. The number of aliphatic carboxylic acids is 1. The topological polar surface area (TPSA) is 79.3 Å². The van der Waals surface area contributed by atoms with E-state index in [9.17, 15) is 22.8 Å². The molecule has 0 unspecified atom stereocenters. The molecule has 5 nitrogen and oxygen atoms in total. The first-order valence-electron chi connectivity index (χ1n) is 6.90. The van der Waals surface area contributed by atoms with E-state index in [1.807, 2.05) is 0 Å². The van der Waals surface area contributed by atoms with Crippen LogP contribution in [0.5, 0.6) is 0 Å². The quantitative estimate of drug-likeness (QED) is 0.776. The summed E-state index contributed by atoms with van der Waals surface area (Å²) in [6.07, 6.45) is -4.23. The second kappa shape index (κ2) is 7.43. The van der Waals surface area contributed by atoms with E-state index in [1.165, 1.54) is 17.5 Å². The molecule has 0 fully saturated rings. The highest BCUT2D eigenvalue weighted by atomic mass is 32.1. The van der Waals surface area contributed by atoms with Gasteiger partial charge in [-0.3, -0.25) is 9.59 Å². The number of carboxylic acid groups (broad SMARTS) is 1. The van der Waals surface area contributed by atoms with E-state index in [1.54, 1.807) is 0 Å². The number of alkyl halides is 3. The number of carbonyl (C=O) groups is 2. The van der Waals surface area contributed by atoms with Crippen LogP contribution >= 0.6 is 11.3 Å². The molecule has 1 heterocycles. The standard InChI is InChI=1S/C15H13F3N2O3S/c16-15(17,18)10-4-1-3-9(7-10)14-20-11(8-24-14)13(23)19-6-2-5-12(21)22/h1,3-4,7-8H,2,5-6H2,(H,19,23)(H,21,22). The number of thiazole rings is 1. The van der Waals surface area contributed by atoms with Crippen molar-refractivity contribution < 1.29 is 27.9 Å². The molecule has 0 radical (unpaired) electrons. The van der Waals surface area contributed by atoms with Crippen LogP contribution in [0.3, 0.4) is 0 Å². The monoisotopic (exact) mass is 358 g/mol. The second-order valence-electron chi connectivity index (χ2n) is 4.87. The molecule has 0 aliphatic carbocycles. The van der Waals surface area contributed by atoms with Crippen LogP contribution in [-0.2, 0) is 11.0 Å². The van der Waals surface area contributed by atoms with Crippen molar-refractivity contribution in [2.45, 2.75) is 19.0 Å². The zero-order chi connectivity index (χ0) is 17.7. The van der Waals surface area contributed by atoms with Gasteiger partial charge in [0.2, 0.25) is 0 Å². The molecule has 0 aliphatic heterocycles. The Labute approximate surface area is 139 Å². The van der Waals surface area contributed by atoms with E-state index in [0.29, 0.717) is 5.01 Å². The predicted octanol–water partition coefficient (Wildman–Crippen LogP) is 3.42. The highest BCUT2D eigenvalue weighted by Gasteiger charge is 2.30. The summed E-state index contributed by atoms with van der Waals surface area (Å²) in [7, 11) is 0. The van der Waals surface area contributed by atoms with Gasteiger partial charge in [-0.2, -0.15) is 13.2 Å². The average Bonchev–Trinajstić information content (AvgIpc) is 3.00. The minimum absolute atomic E-state index is 0.0627. The van der Waals surface area contributed by atoms with Crippen molar-refractivity contribution in [3.63, 3.8) is 0 Å². The summed E-state index contributed by atoms with van der Waals surface area (Å²) in [5.74, 6) is -1.44. The van der Waals surface area contributed by atoms with Gasteiger partial charge in [0.25, 0.3) is 5.91 Å². The van der Waals surface area contributed by atoms with Crippen molar-refractivity contribution in [2.24, 2.45) is 0 Å². The Balaban J connectivity index is 2.05. The Morgan fingerprint density at radius 3 is 2.71 bits per heavy atom. The average molecular weight is 358 g/mol. The van der Waals surface area contributed by atoms with Crippen molar-refractivity contribution in [1.29, 1.82) is 0 Å². The SMILES string of the molecule is O=C(O)CCCNC(=O)c1csc(-c2cccc(C(F)(F)F)c2)n1. The molecule has 1 aromatic carbocycles. The molecule has 128 valence electrons. The zero-order valence-electron chi connectivity index (χ0n) is 12.3. The third-order valence-electron chi connectivity index (χ3n) is 3.03. The van der Waals surface area contributed by atoms with Gasteiger partial charge in [0, 0.05) is 23.9 Å². The first-order valence-corrected chi connectivity index (χ1v) is 7.78. The molecular formula is C15H13F3N2O3S.